The van der Waals surface area contributed by atoms with Crippen LogP contribution in [0.15, 0.2) is 30.3 Å². The van der Waals surface area contributed by atoms with Gasteiger partial charge in [0.25, 0.3) is 0 Å². The van der Waals surface area contributed by atoms with Crippen LogP contribution in [-0.2, 0) is 16.1 Å². The van der Waals surface area contributed by atoms with Crippen molar-refractivity contribution in [3.05, 3.63) is 52.3 Å². The Morgan fingerprint density at radius 2 is 1.78 bits per heavy atom. The molecule has 0 atom stereocenters. The second-order valence-electron chi connectivity index (χ2n) is 9.86. The molecule has 0 aliphatic heterocycles. The number of nitrogens with zero attached hydrogens (tertiary/aromatic N) is 2. The molecule has 1 heterocycles. The number of imidazole rings is 1. The number of carbonyl (C=O) groups excluding carboxylic acids is 1. The third-order valence-corrected chi connectivity index (χ3v) is 6.75. The van der Waals surface area contributed by atoms with Gasteiger partial charge in [-0.15, -0.1) is 0 Å². The highest BCUT2D eigenvalue weighted by molar-refractivity contribution is 6.31. The van der Waals surface area contributed by atoms with Gasteiger partial charge >= 0.3 is 5.97 Å². The summed E-state index contributed by atoms with van der Waals surface area (Å²) in [5.74, 6) is 2.25. The van der Waals surface area contributed by atoms with Crippen molar-refractivity contribution in [3.8, 4) is 11.5 Å². The molecule has 196 valence electrons. The van der Waals surface area contributed by atoms with Crippen molar-refractivity contribution in [1.82, 2.24) is 9.55 Å². The minimum Gasteiger partial charge on any atom is -0.494 e. The van der Waals surface area contributed by atoms with Crippen molar-refractivity contribution in [2.24, 2.45) is 5.41 Å². The van der Waals surface area contributed by atoms with Gasteiger partial charge in [0.1, 0.15) is 17.3 Å². The normalized spacial score (nSPS) is 11.6. The lowest BCUT2D eigenvalue weighted by molar-refractivity contribution is -0.154. The topological polar surface area (TPSA) is 62.6 Å². The zero-order valence-electron chi connectivity index (χ0n) is 22.4. The van der Waals surface area contributed by atoms with Gasteiger partial charge in [-0.2, -0.15) is 0 Å². The Kier molecular flexibility index (Phi) is 9.66. The number of halogens is 1. The lowest BCUT2D eigenvalue weighted by atomic mass is 9.90. The number of benzene rings is 2. The number of hydrogen-bond donors (Lipinski definition) is 0. The summed E-state index contributed by atoms with van der Waals surface area (Å²) in [5, 5.41) is 0.676. The Morgan fingerprint density at radius 1 is 1.03 bits per heavy atom. The van der Waals surface area contributed by atoms with E-state index in [4.69, 9.17) is 30.8 Å². The highest BCUT2D eigenvalue weighted by Gasteiger charge is 2.29. The first-order valence-electron chi connectivity index (χ1n) is 12.8. The molecule has 0 spiro atoms. The van der Waals surface area contributed by atoms with Gasteiger partial charge < -0.3 is 18.8 Å². The molecule has 0 unspecified atom stereocenters. The molecular formula is C29H39ClN2O4. The van der Waals surface area contributed by atoms with Crippen molar-refractivity contribution < 1.29 is 19.0 Å². The van der Waals surface area contributed by atoms with E-state index in [9.17, 15) is 4.79 Å². The maximum absolute atomic E-state index is 12.2. The molecule has 3 aromatic rings. The number of ether oxygens (including phenoxy) is 3. The zero-order valence-corrected chi connectivity index (χ0v) is 23.2. The summed E-state index contributed by atoms with van der Waals surface area (Å²) in [6.45, 7) is 13.9. The SMILES string of the molecule is CCCCCOc1ccc(Cn2c(C)nc3c(C)cc(OCCC(C)(C)C(=O)OCC)cc32)c(Cl)c1. The minimum absolute atomic E-state index is 0.205. The molecule has 0 amide bonds. The molecule has 0 radical (unpaired) electrons. The van der Waals surface area contributed by atoms with E-state index >= 15 is 0 Å². The second kappa shape index (κ2) is 12.5. The second-order valence-corrected chi connectivity index (χ2v) is 10.3. The average Bonchev–Trinajstić information content (AvgIpc) is 3.14. The van der Waals surface area contributed by atoms with E-state index in [0.29, 0.717) is 37.8 Å². The van der Waals surface area contributed by atoms with Crippen LogP contribution in [0.4, 0.5) is 0 Å². The lowest BCUT2D eigenvalue weighted by Gasteiger charge is -2.22. The molecule has 6 nitrogen and oxygen atoms in total. The van der Waals surface area contributed by atoms with Crippen molar-refractivity contribution in [2.75, 3.05) is 19.8 Å². The van der Waals surface area contributed by atoms with Crippen LogP contribution in [0, 0.1) is 19.3 Å². The van der Waals surface area contributed by atoms with Gasteiger partial charge in [-0.3, -0.25) is 4.79 Å². The molecular weight excluding hydrogens is 476 g/mol. The third-order valence-electron chi connectivity index (χ3n) is 6.40. The summed E-state index contributed by atoms with van der Waals surface area (Å²) in [6, 6.07) is 9.90. The lowest BCUT2D eigenvalue weighted by Crippen LogP contribution is -2.28. The standard InChI is InChI=1S/C29H39ClN2O4/c1-7-9-10-14-35-23-12-11-22(25(30)17-23)19-32-21(4)31-27-20(3)16-24(18-26(27)32)36-15-13-29(5,6)28(33)34-8-2/h11-12,16-18H,7-10,13-15,19H2,1-6H3. The fourth-order valence-corrected chi connectivity index (χ4v) is 4.30. The van der Waals surface area contributed by atoms with Gasteiger partial charge in [-0.25, -0.2) is 4.98 Å². The van der Waals surface area contributed by atoms with Gasteiger partial charge in [0.05, 0.1) is 42.8 Å². The maximum atomic E-state index is 12.2. The van der Waals surface area contributed by atoms with E-state index in [2.05, 4.69) is 11.5 Å². The maximum Gasteiger partial charge on any atom is 0.311 e. The van der Waals surface area contributed by atoms with E-state index in [0.717, 1.165) is 52.3 Å². The fourth-order valence-electron chi connectivity index (χ4n) is 4.07. The molecule has 0 fully saturated rings. The number of aromatic nitrogens is 2. The zero-order chi connectivity index (χ0) is 26.3. The number of rotatable bonds is 13. The fraction of sp³-hybridized carbons (Fsp3) is 0.517. The average molecular weight is 515 g/mol. The number of aryl methyl sites for hydroxylation is 2. The Morgan fingerprint density at radius 3 is 2.47 bits per heavy atom. The minimum atomic E-state index is -0.601. The van der Waals surface area contributed by atoms with E-state index in [1.54, 1.807) is 0 Å². The number of esters is 1. The molecule has 0 bridgehead atoms. The largest absolute Gasteiger partial charge is 0.494 e. The Bertz CT molecular complexity index is 1190. The van der Waals surface area contributed by atoms with Crippen LogP contribution >= 0.6 is 11.6 Å². The number of fused-ring (bicyclic) bond motifs is 1. The number of hydrogen-bond acceptors (Lipinski definition) is 5. The summed E-state index contributed by atoms with van der Waals surface area (Å²) in [5.41, 5.74) is 3.37. The quantitative estimate of drug-likeness (QED) is 0.177. The molecule has 7 heteroatoms. The van der Waals surface area contributed by atoms with Crippen LogP contribution in [0.1, 0.15) is 70.3 Å². The molecule has 0 aliphatic rings. The molecule has 1 aromatic heterocycles. The van der Waals surface area contributed by atoms with Crippen molar-refractivity contribution in [3.63, 3.8) is 0 Å². The summed E-state index contributed by atoms with van der Waals surface area (Å²) in [4.78, 5) is 17.0. The number of unbranched alkanes of at least 4 members (excludes halogenated alkanes) is 2. The Labute approximate surface area is 219 Å². The summed E-state index contributed by atoms with van der Waals surface area (Å²) in [6.07, 6.45) is 3.93. The van der Waals surface area contributed by atoms with Crippen molar-refractivity contribution >= 4 is 28.6 Å². The predicted octanol–water partition coefficient (Wildman–Crippen LogP) is 7.28. The smallest absolute Gasteiger partial charge is 0.311 e. The molecule has 0 N–H and O–H groups in total. The summed E-state index contributed by atoms with van der Waals surface area (Å²) in [7, 11) is 0. The van der Waals surface area contributed by atoms with E-state index < -0.39 is 5.41 Å². The van der Waals surface area contributed by atoms with E-state index in [1.807, 2.05) is 65.0 Å². The Hall–Kier alpha value is -2.73. The van der Waals surface area contributed by atoms with Crippen LogP contribution < -0.4 is 9.47 Å². The van der Waals surface area contributed by atoms with Gasteiger partial charge in [-0.1, -0.05) is 37.4 Å². The molecule has 0 saturated carbocycles. The summed E-state index contributed by atoms with van der Waals surface area (Å²) < 4.78 is 19.3. The first-order valence-corrected chi connectivity index (χ1v) is 13.2. The van der Waals surface area contributed by atoms with Crippen LogP contribution in [0.5, 0.6) is 11.5 Å². The molecule has 2 aromatic carbocycles. The van der Waals surface area contributed by atoms with Gasteiger partial charge in [0.15, 0.2) is 0 Å². The van der Waals surface area contributed by atoms with Gasteiger partial charge in [0, 0.05) is 11.1 Å². The van der Waals surface area contributed by atoms with E-state index in [-0.39, 0.29) is 5.97 Å². The summed E-state index contributed by atoms with van der Waals surface area (Å²) >= 11 is 6.64. The first kappa shape index (κ1) is 27.9. The highest BCUT2D eigenvalue weighted by atomic mass is 35.5. The number of carbonyl (C=O) groups is 1. The third kappa shape index (κ3) is 6.94. The Balaban J connectivity index is 1.75. The van der Waals surface area contributed by atoms with Crippen LogP contribution in [0.3, 0.4) is 0 Å². The molecule has 0 saturated heterocycles. The first-order chi connectivity index (χ1) is 17.2. The van der Waals surface area contributed by atoms with Crippen molar-refractivity contribution in [2.45, 2.75) is 73.8 Å². The van der Waals surface area contributed by atoms with E-state index in [1.165, 1.54) is 6.42 Å². The van der Waals surface area contributed by atoms with Crippen LogP contribution in [0.25, 0.3) is 11.0 Å². The monoisotopic (exact) mass is 514 g/mol. The molecule has 3 rings (SSSR count). The molecule has 36 heavy (non-hydrogen) atoms. The molecule has 0 aliphatic carbocycles. The van der Waals surface area contributed by atoms with Crippen molar-refractivity contribution in [1.29, 1.82) is 0 Å². The van der Waals surface area contributed by atoms with Crippen LogP contribution in [-0.4, -0.2) is 35.3 Å². The highest BCUT2D eigenvalue weighted by Crippen LogP contribution is 2.30. The van der Waals surface area contributed by atoms with Crippen LogP contribution in [0.2, 0.25) is 5.02 Å². The van der Waals surface area contributed by atoms with Gasteiger partial charge in [-0.05, 0) is 76.8 Å². The van der Waals surface area contributed by atoms with Gasteiger partial charge in [0.2, 0.25) is 0 Å². The predicted molar refractivity (Wildman–Crippen MR) is 145 cm³/mol.